The van der Waals surface area contributed by atoms with Gasteiger partial charge >= 0.3 is 0 Å². The molecule has 148 valence electrons. The summed E-state index contributed by atoms with van der Waals surface area (Å²) >= 11 is 0. The Balaban J connectivity index is 2.30. The number of amides is 1. The molecule has 1 fully saturated rings. The van der Waals surface area contributed by atoms with E-state index in [1.165, 1.54) is 6.07 Å². The fourth-order valence-corrected chi connectivity index (χ4v) is 4.13. The molecule has 0 bridgehead atoms. The topological polar surface area (TPSA) is 82.4 Å². The molecule has 1 saturated heterocycles. The van der Waals surface area contributed by atoms with Crippen LogP contribution in [-0.4, -0.2) is 47.0 Å². The molecule has 1 aliphatic rings. The SMILES string of the molecule is CCCN(Cc1ccc(C2(C(=O)NCC#N)CCOCC2)cc1F)S(C)=O. The van der Waals surface area contributed by atoms with Crippen LogP contribution in [0.5, 0.6) is 0 Å². The van der Waals surface area contributed by atoms with E-state index in [2.05, 4.69) is 5.32 Å². The molecule has 0 aromatic heterocycles. The predicted molar refractivity (Wildman–Crippen MR) is 102 cm³/mol. The van der Waals surface area contributed by atoms with Gasteiger partial charge in [-0.3, -0.25) is 4.79 Å². The molecule has 1 atom stereocenters. The molecule has 27 heavy (non-hydrogen) atoms. The molecule has 1 aliphatic heterocycles. The van der Waals surface area contributed by atoms with Gasteiger partial charge < -0.3 is 10.1 Å². The summed E-state index contributed by atoms with van der Waals surface area (Å²) in [6.45, 7) is 3.57. The molecule has 1 unspecified atom stereocenters. The molecule has 8 heteroatoms. The molecule has 6 nitrogen and oxygen atoms in total. The zero-order chi connectivity index (χ0) is 19.9. The molecule has 0 radical (unpaired) electrons. The van der Waals surface area contributed by atoms with Crippen LogP contribution in [0.15, 0.2) is 18.2 Å². The van der Waals surface area contributed by atoms with E-state index in [-0.39, 0.29) is 19.0 Å². The molecule has 2 rings (SSSR count). The first-order valence-electron chi connectivity index (χ1n) is 9.05. The lowest BCUT2D eigenvalue weighted by atomic mass is 9.73. The van der Waals surface area contributed by atoms with Gasteiger partial charge in [-0.2, -0.15) is 5.26 Å². The summed E-state index contributed by atoms with van der Waals surface area (Å²) < 4.78 is 33.7. The average Bonchev–Trinajstić information content (AvgIpc) is 2.67. The van der Waals surface area contributed by atoms with Crippen molar-refractivity contribution in [2.24, 2.45) is 0 Å². The fraction of sp³-hybridized carbons (Fsp3) is 0.579. The van der Waals surface area contributed by atoms with Crippen LogP contribution in [0, 0.1) is 17.1 Å². The Hall–Kier alpha value is -1.82. The third-order valence-corrected chi connectivity index (χ3v) is 5.94. The first-order valence-corrected chi connectivity index (χ1v) is 10.6. The zero-order valence-electron chi connectivity index (χ0n) is 15.8. The van der Waals surface area contributed by atoms with Crippen LogP contribution < -0.4 is 5.32 Å². The summed E-state index contributed by atoms with van der Waals surface area (Å²) in [4.78, 5) is 12.7. The summed E-state index contributed by atoms with van der Waals surface area (Å²) in [7, 11) is -1.19. The van der Waals surface area contributed by atoms with Crippen LogP contribution >= 0.6 is 0 Å². The third-order valence-electron chi connectivity index (χ3n) is 4.90. The number of carbonyl (C=O) groups is 1. The Labute approximate surface area is 162 Å². The van der Waals surface area contributed by atoms with Gasteiger partial charge in [0.25, 0.3) is 0 Å². The number of halogens is 1. The van der Waals surface area contributed by atoms with E-state index >= 15 is 0 Å². The van der Waals surface area contributed by atoms with Gasteiger partial charge in [-0.25, -0.2) is 12.9 Å². The van der Waals surface area contributed by atoms with Gasteiger partial charge in [0.1, 0.15) is 12.4 Å². The van der Waals surface area contributed by atoms with E-state index in [4.69, 9.17) is 10.00 Å². The van der Waals surface area contributed by atoms with Crippen molar-refractivity contribution in [3.63, 3.8) is 0 Å². The van der Waals surface area contributed by atoms with Crippen LogP contribution in [0.4, 0.5) is 4.39 Å². The van der Waals surface area contributed by atoms with E-state index in [9.17, 15) is 13.4 Å². The molecular formula is C19H26FN3O3S. The van der Waals surface area contributed by atoms with Crippen molar-refractivity contribution < 1.29 is 18.1 Å². The summed E-state index contributed by atoms with van der Waals surface area (Å²) in [5, 5.41) is 11.4. The molecule has 0 aliphatic carbocycles. The Morgan fingerprint density at radius 1 is 1.44 bits per heavy atom. The number of carbonyl (C=O) groups excluding carboxylic acids is 1. The second kappa shape index (κ2) is 9.93. The van der Waals surface area contributed by atoms with Gasteiger partial charge in [-0.15, -0.1) is 0 Å². The average molecular weight is 396 g/mol. The number of hydrogen-bond acceptors (Lipinski definition) is 4. The lowest BCUT2D eigenvalue weighted by molar-refractivity contribution is -0.130. The summed E-state index contributed by atoms with van der Waals surface area (Å²) in [6, 6.07) is 6.72. The first-order chi connectivity index (χ1) is 12.9. The predicted octanol–water partition coefficient (Wildman–Crippen LogP) is 2.02. The zero-order valence-corrected chi connectivity index (χ0v) is 16.6. The lowest BCUT2D eigenvalue weighted by Gasteiger charge is -2.36. The number of rotatable bonds is 8. The molecule has 0 saturated carbocycles. The maximum Gasteiger partial charge on any atom is 0.231 e. The monoisotopic (exact) mass is 395 g/mol. The van der Waals surface area contributed by atoms with E-state index < -0.39 is 22.2 Å². The molecule has 1 aromatic carbocycles. The second-order valence-corrected chi connectivity index (χ2v) is 7.99. The standard InChI is InChI=1S/C19H26FN3O3S/c1-3-10-23(27(2)25)14-15-4-5-16(13-17(15)20)19(6-11-26-12-7-19)18(24)22-9-8-21/h4-5,13H,3,6-7,9-12,14H2,1-2H3,(H,22,24). The Bertz CT molecular complexity index is 729. The van der Waals surface area contributed by atoms with Crippen LogP contribution in [0.2, 0.25) is 0 Å². The van der Waals surface area contributed by atoms with Crippen molar-refractivity contribution >= 4 is 16.9 Å². The molecule has 1 N–H and O–H groups in total. The molecular weight excluding hydrogens is 369 g/mol. The summed E-state index contributed by atoms with van der Waals surface area (Å²) in [6.07, 6.45) is 3.27. The number of nitrogens with one attached hydrogen (secondary N) is 1. The minimum Gasteiger partial charge on any atom is -0.381 e. The van der Waals surface area contributed by atoms with Crippen LogP contribution in [0.1, 0.15) is 37.3 Å². The molecule has 0 spiro atoms. The van der Waals surface area contributed by atoms with Crippen molar-refractivity contribution in [3.05, 3.63) is 35.1 Å². The van der Waals surface area contributed by atoms with Crippen LogP contribution in [0.3, 0.4) is 0 Å². The molecule has 1 heterocycles. The minimum absolute atomic E-state index is 0.0870. The third kappa shape index (κ3) is 5.12. The smallest absolute Gasteiger partial charge is 0.231 e. The van der Waals surface area contributed by atoms with Crippen molar-refractivity contribution in [2.45, 2.75) is 38.1 Å². The van der Waals surface area contributed by atoms with Gasteiger partial charge in [0, 0.05) is 38.1 Å². The normalized spacial score (nSPS) is 17.3. The number of nitriles is 1. The number of nitrogens with zero attached hydrogens (tertiary/aromatic N) is 2. The van der Waals surface area contributed by atoms with Crippen molar-refractivity contribution in [2.75, 3.05) is 32.6 Å². The van der Waals surface area contributed by atoms with Crippen molar-refractivity contribution in [1.29, 1.82) is 5.26 Å². The largest absolute Gasteiger partial charge is 0.381 e. The lowest BCUT2D eigenvalue weighted by Crippen LogP contribution is -2.48. The molecule has 1 aromatic rings. The Morgan fingerprint density at radius 3 is 2.70 bits per heavy atom. The second-order valence-electron chi connectivity index (χ2n) is 6.63. The van der Waals surface area contributed by atoms with E-state index in [0.29, 0.717) is 43.7 Å². The van der Waals surface area contributed by atoms with E-state index in [1.54, 1.807) is 22.7 Å². The Kier molecular flexibility index (Phi) is 7.90. The first kappa shape index (κ1) is 21.5. The van der Waals surface area contributed by atoms with Crippen molar-refractivity contribution in [3.8, 4) is 6.07 Å². The quantitative estimate of drug-likeness (QED) is 0.683. The van der Waals surface area contributed by atoms with Gasteiger partial charge in [-0.1, -0.05) is 19.1 Å². The number of hydrogen-bond donors (Lipinski definition) is 1. The molecule has 1 amide bonds. The fourth-order valence-electron chi connectivity index (χ4n) is 3.37. The summed E-state index contributed by atoms with van der Waals surface area (Å²) in [5.74, 6) is -0.695. The highest BCUT2D eigenvalue weighted by Gasteiger charge is 2.42. The van der Waals surface area contributed by atoms with E-state index in [0.717, 1.165) is 6.42 Å². The van der Waals surface area contributed by atoms with Crippen LogP contribution in [0.25, 0.3) is 0 Å². The van der Waals surface area contributed by atoms with Gasteiger partial charge in [0.05, 0.1) is 22.5 Å². The van der Waals surface area contributed by atoms with Gasteiger partial charge in [0.2, 0.25) is 5.91 Å². The highest BCUT2D eigenvalue weighted by Crippen LogP contribution is 2.36. The number of ether oxygens (including phenoxy) is 1. The van der Waals surface area contributed by atoms with Crippen LogP contribution in [-0.2, 0) is 32.5 Å². The maximum absolute atomic E-state index is 14.8. The maximum atomic E-state index is 14.8. The van der Waals surface area contributed by atoms with E-state index in [1.807, 2.05) is 13.0 Å². The van der Waals surface area contributed by atoms with Gasteiger partial charge in [-0.05, 0) is 30.9 Å². The van der Waals surface area contributed by atoms with Crippen molar-refractivity contribution in [1.82, 2.24) is 9.62 Å². The van der Waals surface area contributed by atoms with Gasteiger partial charge in [0.15, 0.2) is 0 Å². The summed E-state index contributed by atoms with van der Waals surface area (Å²) in [5.41, 5.74) is 0.134. The minimum atomic E-state index is -1.19. The highest BCUT2D eigenvalue weighted by molar-refractivity contribution is 7.81. The number of benzene rings is 1. The Morgan fingerprint density at radius 2 is 2.15 bits per heavy atom. The highest BCUT2D eigenvalue weighted by atomic mass is 32.2.